The van der Waals surface area contributed by atoms with Crippen molar-refractivity contribution in [3.8, 4) is 0 Å². The summed E-state index contributed by atoms with van der Waals surface area (Å²) in [4.78, 5) is 2.06. The predicted octanol–water partition coefficient (Wildman–Crippen LogP) is 0.610. The minimum atomic E-state index is 0.167. The van der Waals surface area contributed by atoms with Crippen molar-refractivity contribution < 1.29 is 5.11 Å². The fourth-order valence-electron chi connectivity index (χ4n) is 1.56. The van der Waals surface area contributed by atoms with Crippen LogP contribution in [0.25, 0.3) is 0 Å². The summed E-state index contributed by atoms with van der Waals surface area (Å²) >= 11 is 0. The van der Waals surface area contributed by atoms with Gasteiger partial charge in [-0.15, -0.1) is 0 Å². The van der Waals surface area contributed by atoms with Crippen molar-refractivity contribution in [1.82, 2.24) is 4.90 Å². The number of benzene rings is 1. The van der Waals surface area contributed by atoms with Crippen LogP contribution in [0.3, 0.4) is 0 Å². The second-order valence-electron chi connectivity index (χ2n) is 3.37. The SMILES string of the molecule is CN(CCO)C(CN)c1ccccc1. The first kappa shape index (κ1) is 11.2. The highest BCUT2D eigenvalue weighted by atomic mass is 16.3. The van der Waals surface area contributed by atoms with Crippen LogP contribution in [0, 0.1) is 0 Å². The summed E-state index contributed by atoms with van der Waals surface area (Å²) in [5.74, 6) is 0. The van der Waals surface area contributed by atoms with Gasteiger partial charge >= 0.3 is 0 Å². The molecule has 0 spiro atoms. The van der Waals surface area contributed by atoms with Crippen LogP contribution in [0.1, 0.15) is 11.6 Å². The summed E-state index contributed by atoms with van der Waals surface area (Å²) in [6.45, 7) is 1.39. The number of likely N-dealkylation sites (N-methyl/N-ethyl adjacent to an activating group) is 1. The zero-order valence-corrected chi connectivity index (χ0v) is 8.56. The summed E-state index contributed by atoms with van der Waals surface area (Å²) in [7, 11) is 1.97. The molecule has 3 nitrogen and oxygen atoms in total. The van der Waals surface area contributed by atoms with Gasteiger partial charge in [0.25, 0.3) is 0 Å². The standard InChI is InChI=1S/C11H18N2O/c1-13(7-8-14)11(9-12)10-5-3-2-4-6-10/h2-6,11,14H,7-9,12H2,1H3. The van der Waals surface area contributed by atoms with Crippen molar-refractivity contribution in [3.05, 3.63) is 35.9 Å². The van der Waals surface area contributed by atoms with Gasteiger partial charge in [0.05, 0.1) is 6.61 Å². The number of nitrogens with zero attached hydrogens (tertiary/aromatic N) is 1. The Morgan fingerprint density at radius 3 is 2.50 bits per heavy atom. The average molecular weight is 194 g/mol. The maximum atomic E-state index is 8.85. The molecule has 3 N–H and O–H groups in total. The van der Waals surface area contributed by atoms with Crippen LogP contribution in [-0.4, -0.2) is 36.8 Å². The van der Waals surface area contributed by atoms with E-state index in [-0.39, 0.29) is 12.6 Å². The first-order valence-corrected chi connectivity index (χ1v) is 4.85. The topological polar surface area (TPSA) is 49.5 Å². The van der Waals surface area contributed by atoms with E-state index in [9.17, 15) is 0 Å². The maximum Gasteiger partial charge on any atom is 0.0558 e. The van der Waals surface area contributed by atoms with E-state index < -0.39 is 0 Å². The van der Waals surface area contributed by atoms with Gasteiger partial charge in [-0.2, -0.15) is 0 Å². The number of hydrogen-bond donors (Lipinski definition) is 2. The van der Waals surface area contributed by atoms with E-state index >= 15 is 0 Å². The van der Waals surface area contributed by atoms with Crippen molar-refractivity contribution in [2.75, 3.05) is 26.7 Å². The summed E-state index contributed by atoms with van der Waals surface area (Å²) in [6, 6.07) is 10.3. The third-order valence-electron chi connectivity index (χ3n) is 2.39. The van der Waals surface area contributed by atoms with Gasteiger partial charge in [0.1, 0.15) is 0 Å². The van der Waals surface area contributed by atoms with Gasteiger partial charge in [-0.3, -0.25) is 4.90 Å². The molecule has 0 aliphatic carbocycles. The molecule has 0 saturated heterocycles. The van der Waals surface area contributed by atoms with Crippen LogP contribution in [-0.2, 0) is 0 Å². The molecule has 1 atom stereocenters. The Morgan fingerprint density at radius 1 is 1.36 bits per heavy atom. The Hall–Kier alpha value is -0.900. The van der Waals surface area contributed by atoms with Gasteiger partial charge in [0.15, 0.2) is 0 Å². The molecule has 3 heteroatoms. The van der Waals surface area contributed by atoms with Crippen LogP contribution < -0.4 is 5.73 Å². The minimum absolute atomic E-state index is 0.167. The second-order valence-corrected chi connectivity index (χ2v) is 3.37. The molecule has 14 heavy (non-hydrogen) atoms. The van der Waals surface area contributed by atoms with Crippen molar-refractivity contribution >= 4 is 0 Å². The lowest BCUT2D eigenvalue weighted by Gasteiger charge is -2.26. The van der Waals surface area contributed by atoms with Crippen molar-refractivity contribution in [2.45, 2.75) is 6.04 Å². The molecule has 0 aromatic heterocycles. The molecule has 0 heterocycles. The van der Waals surface area contributed by atoms with E-state index in [4.69, 9.17) is 10.8 Å². The molecule has 78 valence electrons. The molecule has 0 bridgehead atoms. The number of hydrogen-bond acceptors (Lipinski definition) is 3. The predicted molar refractivity (Wildman–Crippen MR) is 58.0 cm³/mol. The normalized spacial score (nSPS) is 13.1. The zero-order chi connectivity index (χ0) is 10.4. The van der Waals surface area contributed by atoms with Crippen LogP contribution in [0.5, 0.6) is 0 Å². The van der Waals surface area contributed by atoms with Crippen molar-refractivity contribution in [2.24, 2.45) is 5.73 Å². The first-order chi connectivity index (χ1) is 6.79. The van der Waals surface area contributed by atoms with Gasteiger partial charge in [-0.25, -0.2) is 0 Å². The molecule has 1 rings (SSSR count). The zero-order valence-electron chi connectivity index (χ0n) is 8.56. The fraction of sp³-hybridized carbons (Fsp3) is 0.455. The monoisotopic (exact) mass is 194 g/mol. The van der Waals surface area contributed by atoms with Gasteiger partial charge in [-0.1, -0.05) is 30.3 Å². The molecular formula is C11H18N2O. The van der Waals surface area contributed by atoms with Gasteiger partial charge in [-0.05, 0) is 12.6 Å². The number of aliphatic hydroxyl groups is 1. The molecular weight excluding hydrogens is 176 g/mol. The molecule has 1 unspecified atom stereocenters. The summed E-state index contributed by atoms with van der Waals surface area (Å²) < 4.78 is 0. The van der Waals surface area contributed by atoms with E-state index in [0.29, 0.717) is 13.1 Å². The van der Waals surface area contributed by atoms with E-state index in [1.165, 1.54) is 5.56 Å². The smallest absolute Gasteiger partial charge is 0.0558 e. The Kier molecular flexibility index (Phi) is 4.59. The molecule has 1 aromatic rings. The van der Waals surface area contributed by atoms with Crippen LogP contribution in [0.4, 0.5) is 0 Å². The van der Waals surface area contributed by atoms with E-state index in [2.05, 4.69) is 17.0 Å². The number of aliphatic hydroxyl groups excluding tert-OH is 1. The minimum Gasteiger partial charge on any atom is -0.395 e. The average Bonchev–Trinajstić information content (AvgIpc) is 2.21. The Morgan fingerprint density at radius 2 is 2.00 bits per heavy atom. The molecule has 0 amide bonds. The third-order valence-corrected chi connectivity index (χ3v) is 2.39. The molecule has 0 aliphatic heterocycles. The lowest BCUT2D eigenvalue weighted by molar-refractivity contribution is 0.183. The van der Waals surface area contributed by atoms with E-state index in [1.54, 1.807) is 0 Å². The van der Waals surface area contributed by atoms with Crippen molar-refractivity contribution in [3.63, 3.8) is 0 Å². The highest BCUT2D eigenvalue weighted by Gasteiger charge is 2.13. The van der Waals surface area contributed by atoms with Gasteiger partial charge < -0.3 is 10.8 Å². The second kappa shape index (κ2) is 5.75. The molecule has 0 radical (unpaired) electrons. The van der Waals surface area contributed by atoms with E-state index in [1.807, 2.05) is 25.2 Å². The highest BCUT2D eigenvalue weighted by molar-refractivity contribution is 5.19. The number of nitrogens with two attached hydrogens (primary N) is 1. The first-order valence-electron chi connectivity index (χ1n) is 4.85. The van der Waals surface area contributed by atoms with Crippen molar-refractivity contribution in [1.29, 1.82) is 0 Å². The maximum absolute atomic E-state index is 8.85. The lowest BCUT2D eigenvalue weighted by atomic mass is 10.1. The largest absolute Gasteiger partial charge is 0.395 e. The summed E-state index contributed by atoms with van der Waals surface area (Å²) in [6.07, 6.45) is 0. The van der Waals surface area contributed by atoms with Gasteiger partial charge in [0.2, 0.25) is 0 Å². The summed E-state index contributed by atoms with van der Waals surface area (Å²) in [5.41, 5.74) is 6.91. The Bertz CT molecular complexity index is 251. The Balaban J connectivity index is 2.71. The van der Waals surface area contributed by atoms with Crippen LogP contribution >= 0.6 is 0 Å². The quantitative estimate of drug-likeness (QED) is 0.722. The van der Waals surface area contributed by atoms with E-state index in [0.717, 1.165) is 0 Å². The molecule has 0 saturated carbocycles. The molecule has 0 aliphatic rings. The lowest BCUT2D eigenvalue weighted by Crippen LogP contribution is -2.32. The van der Waals surface area contributed by atoms with Crippen LogP contribution in [0.15, 0.2) is 30.3 Å². The molecule has 0 fully saturated rings. The summed E-state index contributed by atoms with van der Waals surface area (Å²) in [5, 5.41) is 8.85. The fourth-order valence-corrected chi connectivity index (χ4v) is 1.56. The third kappa shape index (κ3) is 2.80. The number of rotatable bonds is 5. The van der Waals surface area contributed by atoms with Crippen LogP contribution in [0.2, 0.25) is 0 Å². The molecule has 1 aromatic carbocycles. The highest BCUT2D eigenvalue weighted by Crippen LogP contribution is 2.16. The Labute approximate surface area is 85.2 Å². The van der Waals surface area contributed by atoms with Gasteiger partial charge in [0, 0.05) is 19.1 Å².